The molecule has 0 bridgehead atoms. The lowest BCUT2D eigenvalue weighted by Crippen LogP contribution is -2.50. The van der Waals surface area contributed by atoms with Crippen LogP contribution in [0.2, 0.25) is 18.1 Å². The van der Waals surface area contributed by atoms with Gasteiger partial charge in [-0.05, 0) is 67.0 Å². The minimum Gasteiger partial charge on any atom is -0.414 e. The molecule has 0 aromatic heterocycles. The summed E-state index contributed by atoms with van der Waals surface area (Å²) in [6.07, 6.45) is 7.48. The van der Waals surface area contributed by atoms with Gasteiger partial charge in [0.2, 0.25) is 0 Å². The molecule has 3 heteroatoms. The molecule has 1 nitrogen and oxygen atoms in total. The quantitative estimate of drug-likeness (QED) is 0.272. The monoisotopic (exact) mass is 436 g/mol. The van der Waals surface area contributed by atoms with Gasteiger partial charge in [0, 0.05) is 10.5 Å². The van der Waals surface area contributed by atoms with E-state index in [0.717, 1.165) is 17.8 Å². The molecule has 0 saturated heterocycles. The van der Waals surface area contributed by atoms with Crippen molar-refractivity contribution in [2.24, 2.45) is 23.2 Å². The number of rotatable bonds is 4. The lowest BCUT2D eigenvalue weighted by atomic mass is 9.62. The third-order valence-electron chi connectivity index (χ3n) is 7.32. The number of hydrogen-bond acceptors (Lipinski definition) is 1. The summed E-state index contributed by atoms with van der Waals surface area (Å²) in [6, 6.07) is 0. The van der Waals surface area contributed by atoms with Gasteiger partial charge < -0.3 is 4.43 Å². The maximum Gasteiger partial charge on any atom is 0.192 e. The Kier molecular flexibility index (Phi) is 5.83. The fourth-order valence-corrected chi connectivity index (χ4v) is 6.90. The van der Waals surface area contributed by atoms with Gasteiger partial charge in [-0.25, -0.2) is 0 Å². The minimum atomic E-state index is -1.64. The van der Waals surface area contributed by atoms with Crippen molar-refractivity contribution in [3.63, 3.8) is 0 Å². The Morgan fingerprint density at radius 2 is 1.86 bits per heavy atom. The lowest BCUT2D eigenvalue weighted by Gasteiger charge is -2.49. The predicted octanol–water partition coefficient (Wildman–Crippen LogP) is 6.66. The largest absolute Gasteiger partial charge is 0.414 e. The van der Waals surface area contributed by atoms with Crippen LogP contribution in [-0.2, 0) is 4.43 Å². The zero-order valence-electron chi connectivity index (χ0n) is 15.8. The van der Waals surface area contributed by atoms with Gasteiger partial charge in [0.1, 0.15) is 0 Å². The molecule has 0 N–H and O–H groups in total. The number of hydrogen-bond donors (Lipinski definition) is 0. The molecule has 22 heavy (non-hydrogen) atoms. The van der Waals surface area contributed by atoms with E-state index in [0.29, 0.717) is 16.6 Å². The first-order chi connectivity index (χ1) is 10.0. The van der Waals surface area contributed by atoms with Crippen molar-refractivity contribution in [2.75, 3.05) is 4.43 Å². The first-order valence-corrected chi connectivity index (χ1v) is 13.7. The van der Waals surface area contributed by atoms with Crippen LogP contribution in [0.25, 0.3) is 0 Å². The standard InChI is InChI=1S/C19H37IOSi/c1-14(13-20)15-10-11-16-17(9-8-12-19(15,16)5)21-22(6,7)18(2,3)4/h14-17H,8-13H2,1-7H3/t14?,15-,16+,17+,19-/m1/s1. The SMILES string of the molecule is CC(CI)[C@H]1CC[C@H]2[C@@H](O[Si](C)(C)C(C)(C)C)CCC[C@]12C. The van der Waals surface area contributed by atoms with Crippen molar-refractivity contribution in [2.45, 2.75) is 91.0 Å². The van der Waals surface area contributed by atoms with Crippen molar-refractivity contribution < 1.29 is 4.43 Å². The molecule has 0 aromatic rings. The zero-order valence-corrected chi connectivity index (χ0v) is 19.0. The van der Waals surface area contributed by atoms with Crippen LogP contribution in [0.15, 0.2) is 0 Å². The second-order valence-electron chi connectivity index (χ2n) is 9.74. The number of fused-ring (bicyclic) bond motifs is 1. The van der Waals surface area contributed by atoms with E-state index in [-0.39, 0.29) is 0 Å². The van der Waals surface area contributed by atoms with Gasteiger partial charge in [0.25, 0.3) is 0 Å². The van der Waals surface area contributed by atoms with Crippen LogP contribution in [0.4, 0.5) is 0 Å². The van der Waals surface area contributed by atoms with Crippen LogP contribution in [0.5, 0.6) is 0 Å². The van der Waals surface area contributed by atoms with E-state index in [1.54, 1.807) is 0 Å². The maximum atomic E-state index is 6.92. The van der Waals surface area contributed by atoms with Crippen LogP contribution in [0.1, 0.15) is 66.7 Å². The van der Waals surface area contributed by atoms with Crippen molar-refractivity contribution >= 4 is 30.9 Å². The van der Waals surface area contributed by atoms with Crippen LogP contribution >= 0.6 is 22.6 Å². The smallest absolute Gasteiger partial charge is 0.192 e. The Balaban J connectivity index is 2.17. The molecule has 2 fully saturated rings. The van der Waals surface area contributed by atoms with Crippen LogP contribution in [0.3, 0.4) is 0 Å². The fourth-order valence-electron chi connectivity index (χ4n) is 4.90. The molecule has 0 radical (unpaired) electrons. The van der Waals surface area contributed by atoms with Gasteiger partial charge in [-0.2, -0.15) is 0 Å². The van der Waals surface area contributed by atoms with E-state index in [2.05, 4.69) is 70.3 Å². The number of halogens is 1. The highest BCUT2D eigenvalue weighted by Crippen LogP contribution is 2.59. The van der Waals surface area contributed by atoms with Gasteiger partial charge in [-0.15, -0.1) is 0 Å². The summed E-state index contributed by atoms with van der Waals surface area (Å²) in [5, 5.41) is 0.328. The first kappa shape index (κ1) is 19.2. The second-order valence-corrected chi connectivity index (χ2v) is 15.4. The summed E-state index contributed by atoms with van der Waals surface area (Å²) in [5.74, 6) is 2.59. The zero-order chi connectivity index (χ0) is 16.8. The molecule has 130 valence electrons. The molecular formula is C19H37IOSi. The molecule has 2 saturated carbocycles. The Morgan fingerprint density at radius 3 is 2.41 bits per heavy atom. The van der Waals surface area contributed by atoms with Gasteiger partial charge in [0.05, 0.1) is 0 Å². The minimum absolute atomic E-state index is 0.328. The molecule has 2 aliphatic carbocycles. The first-order valence-electron chi connectivity index (χ1n) is 9.27. The third-order valence-corrected chi connectivity index (χ3v) is 13.2. The lowest BCUT2D eigenvalue weighted by molar-refractivity contribution is -0.0179. The topological polar surface area (TPSA) is 9.23 Å². The molecule has 0 aromatic carbocycles. The summed E-state index contributed by atoms with van der Waals surface area (Å²) >= 11 is 2.59. The number of alkyl halides is 1. The Labute approximate surface area is 153 Å². The van der Waals surface area contributed by atoms with Crippen LogP contribution < -0.4 is 0 Å². The van der Waals surface area contributed by atoms with Gasteiger partial charge >= 0.3 is 0 Å². The molecule has 0 heterocycles. The summed E-state index contributed by atoms with van der Waals surface area (Å²) in [7, 11) is -1.64. The average Bonchev–Trinajstić information content (AvgIpc) is 2.74. The molecular weight excluding hydrogens is 399 g/mol. The van der Waals surface area contributed by atoms with Crippen molar-refractivity contribution in [1.82, 2.24) is 0 Å². The summed E-state index contributed by atoms with van der Waals surface area (Å²) < 4.78 is 8.23. The molecule has 0 spiro atoms. The van der Waals surface area contributed by atoms with E-state index < -0.39 is 8.32 Å². The molecule has 0 amide bonds. The van der Waals surface area contributed by atoms with E-state index in [4.69, 9.17) is 4.43 Å². The molecule has 0 aliphatic heterocycles. The van der Waals surface area contributed by atoms with E-state index >= 15 is 0 Å². The normalized spacial score (nSPS) is 37.9. The molecule has 1 unspecified atom stereocenters. The van der Waals surface area contributed by atoms with Crippen molar-refractivity contribution in [3.05, 3.63) is 0 Å². The third kappa shape index (κ3) is 3.46. The summed E-state index contributed by atoms with van der Waals surface area (Å²) in [6.45, 7) is 17.0. The molecule has 2 rings (SSSR count). The van der Waals surface area contributed by atoms with Gasteiger partial charge in [-0.1, -0.05) is 63.6 Å². The summed E-state index contributed by atoms with van der Waals surface area (Å²) in [4.78, 5) is 0. The van der Waals surface area contributed by atoms with Crippen molar-refractivity contribution in [3.8, 4) is 0 Å². The second kappa shape index (κ2) is 6.66. The van der Waals surface area contributed by atoms with Crippen molar-refractivity contribution in [1.29, 1.82) is 0 Å². The summed E-state index contributed by atoms with van der Waals surface area (Å²) in [5.41, 5.74) is 0.538. The van der Waals surface area contributed by atoms with Gasteiger partial charge in [-0.3, -0.25) is 0 Å². The average molecular weight is 436 g/mol. The van der Waals surface area contributed by atoms with E-state index in [1.807, 2.05) is 0 Å². The van der Waals surface area contributed by atoms with E-state index in [9.17, 15) is 0 Å². The molecule has 5 atom stereocenters. The highest BCUT2D eigenvalue weighted by molar-refractivity contribution is 14.1. The molecule has 2 aliphatic rings. The highest BCUT2D eigenvalue weighted by atomic mass is 127. The predicted molar refractivity (Wildman–Crippen MR) is 108 cm³/mol. The van der Waals surface area contributed by atoms with Crippen LogP contribution in [0, 0.1) is 23.2 Å². The fraction of sp³-hybridized carbons (Fsp3) is 1.00. The Morgan fingerprint density at radius 1 is 1.23 bits per heavy atom. The maximum absolute atomic E-state index is 6.92. The van der Waals surface area contributed by atoms with Crippen LogP contribution in [-0.4, -0.2) is 18.8 Å². The van der Waals surface area contributed by atoms with Gasteiger partial charge in [0.15, 0.2) is 8.32 Å². The highest BCUT2D eigenvalue weighted by Gasteiger charge is 2.54. The van der Waals surface area contributed by atoms with E-state index in [1.165, 1.54) is 36.5 Å². The Hall–Kier alpha value is 0.907. The Bertz CT molecular complexity index is 389.